The van der Waals surface area contributed by atoms with Crippen LogP contribution in [-0.4, -0.2) is 54.2 Å². The first-order chi connectivity index (χ1) is 9.53. The van der Waals surface area contributed by atoms with Gasteiger partial charge >= 0.3 is 0 Å². The minimum absolute atomic E-state index is 0.591. The van der Waals surface area contributed by atoms with Crippen molar-refractivity contribution in [2.45, 2.75) is 38.3 Å². The van der Waals surface area contributed by atoms with Crippen molar-refractivity contribution in [1.82, 2.24) is 9.80 Å². The number of piperidine rings is 1. The molecule has 0 radical (unpaired) electrons. The van der Waals surface area contributed by atoms with E-state index in [-0.39, 0.29) is 0 Å². The topological polar surface area (TPSA) is 26.7 Å². The van der Waals surface area contributed by atoms with Crippen LogP contribution in [0.5, 0.6) is 0 Å². The molecule has 1 fully saturated rings. The van der Waals surface area contributed by atoms with E-state index in [1.54, 1.807) is 0 Å². The maximum Gasteiger partial charge on any atom is 0.0994 e. The van der Waals surface area contributed by atoms with Gasteiger partial charge in [0.2, 0.25) is 0 Å². The number of hydrogen-bond acceptors (Lipinski definition) is 3. The van der Waals surface area contributed by atoms with E-state index >= 15 is 0 Å². The zero-order chi connectivity index (χ0) is 14.6. The first kappa shape index (κ1) is 15.5. The molecule has 1 aromatic rings. The van der Waals surface area contributed by atoms with Crippen molar-refractivity contribution in [3.63, 3.8) is 0 Å². The van der Waals surface area contributed by atoms with Crippen LogP contribution in [0.4, 0.5) is 0 Å². The molecule has 1 heterocycles. The van der Waals surface area contributed by atoms with E-state index < -0.39 is 5.60 Å². The summed E-state index contributed by atoms with van der Waals surface area (Å²) in [5.41, 5.74) is 0.218. The molecule has 1 N–H and O–H groups in total. The van der Waals surface area contributed by atoms with Gasteiger partial charge in [-0.15, -0.1) is 0 Å². The Morgan fingerprint density at radius 2 is 1.85 bits per heavy atom. The largest absolute Gasteiger partial charge is 0.384 e. The van der Waals surface area contributed by atoms with Crippen molar-refractivity contribution in [3.8, 4) is 0 Å². The number of likely N-dealkylation sites (N-methyl/N-ethyl adjacent to an activating group) is 1. The summed E-state index contributed by atoms with van der Waals surface area (Å²) < 4.78 is 0. The molecule has 0 bridgehead atoms. The Bertz CT molecular complexity index is 397. The average Bonchev–Trinajstić information content (AvgIpc) is 2.48. The van der Waals surface area contributed by atoms with Crippen LogP contribution < -0.4 is 0 Å². The van der Waals surface area contributed by atoms with Gasteiger partial charge in [0.1, 0.15) is 0 Å². The van der Waals surface area contributed by atoms with E-state index in [2.05, 4.69) is 23.8 Å². The Labute approximate surface area is 123 Å². The van der Waals surface area contributed by atoms with Crippen LogP contribution >= 0.6 is 0 Å². The summed E-state index contributed by atoms with van der Waals surface area (Å²) in [6, 6.07) is 10.6. The number of likely N-dealkylation sites (tertiary alicyclic amines) is 1. The molecule has 1 aliphatic rings. The Hall–Kier alpha value is -0.900. The first-order valence-electron chi connectivity index (χ1n) is 7.73. The Kier molecular flexibility index (Phi) is 5.19. The van der Waals surface area contributed by atoms with Gasteiger partial charge in [0, 0.05) is 12.6 Å². The molecule has 20 heavy (non-hydrogen) atoms. The Morgan fingerprint density at radius 3 is 2.40 bits per heavy atom. The molecule has 1 saturated heterocycles. The smallest absolute Gasteiger partial charge is 0.0994 e. The van der Waals surface area contributed by atoms with Gasteiger partial charge in [-0.05, 0) is 52.0 Å². The molecule has 112 valence electrons. The van der Waals surface area contributed by atoms with Crippen molar-refractivity contribution < 1.29 is 5.11 Å². The minimum Gasteiger partial charge on any atom is -0.384 e. The highest BCUT2D eigenvalue weighted by molar-refractivity contribution is 5.21. The van der Waals surface area contributed by atoms with E-state index in [9.17, 15) is 5.11 Å². The van der Waals surface area contributed by atoms with Crippen LogP contribution in [0.1, 0.15) is 32.3 Å². The summed E-state index contributed by atoms with van der Waals surface area (Å²) in [6.45, 7) is 8.34. The van der Waals surface area contributed by atoms with Gasteiger partial charge in [-0.2, -0.15) is 0 Å². The van der Waals surface area contributed by atoms with E-state index in [1.807, 2.05) is 37.3 Å². The molecule has 0 aromatic heterocycles. The van der Waals surface area contributed by atoms with Crippen molar-refractivity contribution in [3.05, 3.63) is 35.9 Å². The summed E-state index contributed by atoms with van der Waals surface area (Å²) in [7, 11) is 2.14. The fraction of sp³-hybridized carbons (Fsp3) is 0.647. The van der Waals surface area contributed by atoms with Crippen molar-refractivity contribution >= 4 is 0 Å². The van der Waals surface area contributed by atoms with Crippen LogP contribution in [0, 0.1) is 0 Å². The van der Waals surface area contributed by atoms with Crippen LogP contribution in [0.3, 0.4) is 0 Å². The summed E-state index contributed by atoms with van der Waals surface area (Å²) >= 11 is 0. The highest BCUT2D eigenvalue weighted by Gasteiger charge is 2.29. The molecule has 1 unspecified atom stereocenters. The number of hydrogen-bond donors (Lipinski definition) is 1. The van der Waals surface area contributed by atoms with E-state index in [1.165, 1.54) is 25.9 Å². The monoisotopic (exact) mass is 276 g/mol. The van der Waals surface area contributed by atoms with Crippen LogP contribution in [-0.2, 0) is 5.60 Å². The molecule has 1 atom stereocenters. The first-order valence-corrected chi connectivity index (χ1v) is 7.73. The Balaban J connectivity index is 1.92. The average molecular weight is 276 g/mol. The van der Waals surface area contributed by atoms with Crippen molar-refractivity contribution in [2.75, 3.05) is 33.2 Å². The van der Waals surface area contributed by atoms with Crippen LogP contribution in [0.25, 0.3) is 0 Å². The van der Waals surface area contributed by atoms with Gasteiger partial charge < -0.3 is 14.9 Å². The fourth-order valence-electron chi connectivity index (χ4n) is 3.18. The van der Waals surface area contributed by atoms with Gasteiger partial charge in [-0.3, -0.25) is 0 Å². The molecule has 3 heteroatoms. The molecule has 0 aliphatic carbocycles. The molecule has 2 rings (SSSR count). The van der Waals surface area contributed by atoms with Gasteiger partial charge in [0.25, 0.3) is 0 Å². The molecule has 0 saturated carbocycles. The summed E-state index contributed by atoms with van der Waals surface area (Å²) in [5, 5.41) is 10.7. The predicted octanol–water partition coefficient (Wildman–Crippen LogP) is 2.31. The van der Waals surface area contributed by atoms with E-state index in [4.69, 9.17) is 0 Å². The number of aliphatic hydroxyl groups is 1. The normalized spacial score (nSPS) is 21.1. The van der Waals surface area contributed by atoms with E-state index in [0.717, 1.165) is 12.1 Å². The third-order valence-electron chi connectivity index (χ3n) is 4.58. The third kappa shape index (κ3) is 3.81. The van der Waals surface area contributed by atoms with Crippen LogP contribution in [0.15, 0.2) is 30.3 Å². The summed E-state index contributed by atoms with van der Waals surface area (Å²) in [5.74, 6) is 0. The second-order valence-corrected chi connectivity index (χ2v) is 6.22. The highest BCUT2D eigenvalue weighted by Crippen LogP contribution is 2.24. The molecular formula is C17H28N2O. The lowest BCUT2D eigenvalue weighted by Gasteiger charge is -2.39. The second-order valence-electron chi connectivity index (χ2n) is 6.22. The van der Waals surface area contributed by atoms with Crippen molar-refractivity contribution in [1.29, 1.82) is 0 Å². The lowest BCUT2D eigenvalue weighted by Crippen LogP contribution is -2.47. The van der Waals surface area contributed by atoms with Crippen LogP contribution in [0.2, 0.25) is 0 Å². The van der Waals surface area contributed by atoms with Gasteiger partial charge in [0.05, 0.1) is 5.60 Å². The Morgan fingerprint density at radius 1 is 1.25 bits per heavy atom. The fourth-order valence-corrected chi connectivity index (χ4v) is 3.18. The predicted molar refractivity (Wildman–Crippen MR) is 83.8 cm³/mol. The minimum atomic E-state index is -0.780. The highest BCUT2D eigenvalue weighted by atomic mass is 16.3. The molecule has 1 aromatic carbocycles. The number of benzene rings is 1. The maximum atomic E-state index is 10.7. The molecule has 1 aliphatic heterocycles. The summed E-state index contributed by atoms with van der Waals surface area (Å²) in [4.78, 5) is 4.83. The van der Waals surface area contributed by atoms with Gasteiger partial charge in [-0.25, -0.2) is 0 Å². The summed E-state index contributed by atoms with van der Waals surface area (Å²) in [6.07, 6.45) is 2.41. The number of rotatable bonds is 5. The molecular weight excluding hydrogens is 248 g/mol. The molecule has 3 nitrogen and oxygen atoms in total. The quantitative estimate of drug-likeness (QED) is 0.894. The molecule has 0 amide bonds. The lowest BCUT2D eigenvalue weighted by atomic mass is 9.94. The standard InChI is InChI=1S/C17H28N2O/c1-4-19-12-10-16(11-13-19)18(3)14-17(2,20)15-8-6-5-7-9-15/h5-9,16,20H,4,10-14H2,1-3H3. The van der Waals surface area contributed by atoms with E-state index in [0.29, 0.717) is 12.6 Å². The van der Waals surface area contributed by atoms with Gasteiger partial charge in [-0.1, -0.05) is 37.3 Å². The SMILES string of the molecule is CCN1CCC(N(C)CC(C)(O)c2ccccc2)CC1. The third-order valence-corrected chi connectivity index (χ3v) is 4.58. The lowest BCUT2D eigenvalue weighted by molar-refractivity contribution is 0.00178. The second kappa shape index (κ2) is 6.70. The maximum absolute atomic E-state index is 10.7. The number of nitrogens with zero attached hydrogens (tertiary/aromatic N) is 2. The molecule has 0 spiro atoms. The zero-order valence-corrected chi connectivity index (χ0v) is 13.0. The van der Waals surface area contributed by atoms with Crippen molar-refractivity contribution in [2.24, 2.45) is 0 Å². The van der Waals surface area contributed by atoms with Gasteiger partial charge in [0.15, 0.2) is 0 Å². The zero-order valence-electron chi connectivity index (χ0n) is 13.0.